The van der Waals surface area contributed by atoms with Gasteiger partial charge in [-0.15, -0.1) is 0 Å². The average molecular weight is 385 g/mol. The first-order chi connectivity index (χ1) is 13.3. The molecule has 1 heterocycles. The summed E-state index contributed by atoms with van der Waals surface area (Å²) in [6.07, 6.45) is 10.9. The molecule has 28 heavy (non-hydrogen) atoms. The van der Waals surface area contributed by atoms with Gasteiger partial charge in [-0.25, -0.2) is 0 Å². The smallest absolute Gasteiger partial charge is 0.302 e. The monoisotopic (exact) mass is 384 g/mol. The number of esters is 1. The van der Waals surface area contributed by atoms with Crippen molar-refractivity contribution in [3.8, 4) is 0 Å². The lowest BCUT2D eigenvalue weighted by molar-refractivity contribution is -0.149. The number of nitrogens with zero attached hydrogens (tertiary/aromatic N) is 2. The number of allylic oxidation sites excluding steroid dienone is 1. The summed E-state index contributed by atoms with van der Waals surface area (Å²) < 4.78 is 5.54. The zero-order valence-electron chi connectivity index (χ0n) is 17.3. The van der Waals surface area contributed by atoms with E-state index >= 15 is 0 Å². The van der Waals surface area contributed by atoms with Crippen molar-refractivity contribution in [3.05, 3.63) is 11.6 Å². The second kappa shape index (κ2) is 6.24. The number of Topliss-reactive ketones (excluding diaryl/α,β-unsaturated/α-hetero) is 1. The summed E-state index contributed by atoms with van der Waals surface area (Å²) in [7, 11) is 0. The van der Waals surface area contributed by atoms with Gasteiger partial charge in [0.1, 0.15) is 6.10 Å². The van der Waals surface area contributed by atoms with Crippen molar-refractivity contribution in [1.82, 2.24) is 0 Å². The molecule has 0 aromatic rings. The van der Waals surface area contributed by atoms with Crippen LogP contribution in [0.1, 0.15) is 72.1 Å². The standard InChI is InChI=1S/C23H32N2O3/c1-13(26)28-15-8-10-22(2)14(12-15)4-5-16-17-6-7-19(20(27)21-24-25-21)23(17,3)11-9-18(16)22/h4,15-19,21H,5-12H2,1-3H3/t15-,16-,17-,18-,19+,22+,23+/m1/s1. The Hall–Kier alpha value is -1.52. The second-order valence-corrected chi connectivity index (χ2v) is 10.4. The van der Waals surface area contributed by atoms with Crippen molar-refractivity contribution < 1.29 is 14.3 Å². The lowest BCUT2D eigenvalue weighted by Crippen LogP contribution is -2.51. The van der Waals surface area contributed by atoms with Crippen LogP contribution in [-0.2, 0) is 14.3 Å². The molecule has 0 unspecified atom stereocenters. The van der Waals surface area contributed by atoms with Gasteiger partial charge in [0.25, 0.3) is 0 Å². The number of rotatable bonds is 3. The SMILES string of the molecule is CC(=O)O[C@@H]1CC[C@@]2(C)C(=CC[C@@H]3[C@H]4CC[C@@H](C(=O)C5N=N5)[C@@]4(C)CC[C@H]32)C1. The zero-order chi connectivity index (χ0) is 19.7. The zero-order valence-corrected chi connectivity index (χ0v) is 17.3. The van der Waals surface area contributed by atoms with Gasteiger partial charge < -0.3 is 4.74 Å². The van der Waals surface area contributed by atoms with Crippen LogP contribution in [0, 0.1) is 34.5 Å². The Bertz CT molecular complexity index is 768. The summed E-state index contributed by atoms with van der Waals surface area (Å²) in [6, 6.07) is 0. The highest BCUT2D eigenvalue weighted by Crippen LogP contribution is 2.66. The van der Waals surface area contributed by atoms with Crippen molar-refractivity contribution in [2.75, 3.05) is 0 Å². The summed E-state index contributed by atoms with van der Waals surface area (Å²) in [5, 5.41) is 7.84. The molecule has 3 fully saturated rings. The Kier molecular flexibility index (Phi) is 4.12. The third kappa shape index (κ3) is 2.64. The van der Waals surface area contributed by atoms with Crippen LogP contribution in [0.15, 0.2) is 21.9 Å². The van der Waals surface area contributed by atoms with Crippen molar-refractivity contribution in [2.45, 2.75) is 84.4 Å². The van der Waals surface area contributed by atoms with Gasteiger partial charge >= 0.3 is 5.97 Å². The van der Waals surface area contributed by atoms with Crippen molar-refractivity contribution in [1.29, 1.82) is 0 Å². The highest BCUT2D eigenvalue weighted by atomic mass is 16.5. The molecule has 5 rings (SSSR count). The molecule has 152 valence electrons. The Labute approximate surface area is 167 Å². The molecule has 0 aromatic heterocycles. The van der Waals surface area contributed by atoms with E-state index in [2.05, 4.69) is 30.2 Å². The summed E-state index contributed by atoms with van der Waals surface area (Å²) in [4.78, 5) is 24.2. The fraction of sp³-hybridized carbons (Fsp3) is 0.826. The largest absolute Gasteiger partial charge is 0.462 e. The van der Waals surface area contributed by atoms with E-state index in [0.717, 1.165) is 38.5 Å². The second-order valence-electron chi connectivity index (χ2n) is 10.4. The highest BCUT2D eigenvalue weighted by Gasteiger charge is 2.60. The summed E-state index contributed by atoms with van der Waals surface area (Å²) in [5.41, 5.74) is 1.89. The van der Waals surface area contributed by atoms with Crippen LogP contribution in [0.4, 0.5) is 0 Å². The molecule has 5 heteroatoms. The van der Waals surface area contributed by atoms with Crippen molar-refractivity contribution in [2.24, 2.45) is 44.7 Å². The molecule has 0 N–H and O–H groups in total. The summed E-state index contributed by atoms with van der Waals surface area (Å²) >= 11 is 0. The van der Waals surface area contributed by atoms with E-state index in [0.29, 0.717) is 17.8 Å². The van der Waals surface area contributed by atoms with Gasteiger partial charge in [0.2, 0.25) is 6.17 Å². The molecule has 0 aromatic carbocycles. The summed E-state index contributed by atoms with van der Waals surface area (Å²) in [6.45, 7) is 6.36. The third-order valence-electron chi connectivity index (χ3n) is 9.22. The van der Waals surface area contributed by atoms with E-state index < -0.39 is 0 Å². The van der Waals surface area contributed by atoms with E-state index in [9.17, 15) is 9.59 Å². The Morgan fingerprint density at radius 2 is 1.86 bits per heavy atom. The number of hydrogen-bond acceptors (Lipinski definition) is 5. The van der Waals surface area contributed by atoms with Crippen molar-refractivity contribution >= 4 is 11.8 Å². The Morgan fingerprint density at radius 1 is 1.07 bits per heavy atom. The normalized spacial score (nSPS) is 46.8. The molecular weight excluding hydrogens is 352 g/mol. The number of carbonyl (C=O) groups is 2. The maximum absolute atomic E-state index is 12.8. The fourth-order valence-electron chi connectivity index (χ4n) is 7.76. The van der Waals surface area contributed by atoms with Crippen LogP contribution in [-0.4, -0.2) is 24.0 Å². The molecule has 0 bridgehead atoms. The first-order valence-electron chi connectivity index (χ1n) is 11.1. The molecule has 5 nitrogen and oxygen atoms in total. The van der Waals surface area contributed by atoms with Gasteiger partial charge in [0.15, 0.2) is 5.78 Å². The van der Waals surface area contributed by atoms with Crippen LogP contribution in [0.2, 0.25) is 0 Å². The molecule has 1 aliphatic heterocycles. The van der Waals surface area contributed by atoms with Crippen LogP contribution >= 0.6 is 0 Å². The average Bonchev–Trinajstić information content (AvgIpc) is 3.43. The van der Waals surface area contributed by atoms with Crippen LogP contribution in [0.3, 0.4) is 0 Å². The minimum atomic E-state index is -0.342. The molecule has 7 atom stereocenters. The number of ether oxygens (including phenoxy) is 1. The van der Waals surface area contributed by atoms with Gasteiger partial charge in [-0.1, -0.05) is 25.5 Å². The highest BCUT2D eigenvalue weighted by molar-refractivity contribution is 5.88. The van der Waals surface area contributed by atoms with Gasteiger partial charge in [0, 0.05) is 19.3 Å². The van der Waals surface area contributed by atoms with E-state index in [4.69, 9.17) is 4.74 Å². The van der Waals surface area contributed by atoms with Crippen LogP contribution in [0.5, 0.6) is 0 Å². The molecular formula is C23H32N2O3. The lowest BCUT2D eigenvalue weighted by atomic mass is 9.47. The molecule has 0 amide bonds. The maximum Gasteiger partial charge on any atom is 0.302 e. The first kappa shape index (κ1) is 18.5. The number of ketones is 1. The predicted molar refractivity (Wildman–Crippen MR) is 104 cm³/mol. The Morgan fingerprint density at radius 3 is 2.57 bits per heavy atom. The molecule has 0 saturated heterocycles. The molecule has 4 aliphatic carbocycles. The number of fused-ring (bicyclic) bond motifs is 5. The summed E-state index contributed by atoms with van der Waals surface area (Å²) in [5.74, 6) is 2.29. The molecule has 0 spiro atoms. The Balaban J connectivity index is 1.38. The van der Waals surface area contributed by atoms with Crippen LogP contribution < -0.4 is 0 Å². The van der Waals surface area contributed by atoms with E-state index in [-0.39, 0.29) is 40.8 Å². The first-order valence-corrected chi connectivity index (χ1v) is 11.1. The fourth-order valence-corrected chi connectivity index (χ4v) is 7.76. The molecule has 0 radical (unpaired) electrons. The number of hydrogen-bond donors (Lipinski definition) is 0. The predicted octanol–water partition coefficient (Wildman–Crippen LogP) is 4.86. The van der Waals surface area contributed by atoms with Crippen LogP contribution in [0.25, 0.3) is 0 Å². The van der Waals surface area contributed by atoms with Gasteiger partial charge in [0.05, 0.1) is 0 Å². The van der Waals surface area contributed by atoms with E-state index in [1.165, 1.54) is 25.3 Å². The van der Waals surface area contributed by atoms with Gasteiger partial charge in [-0.05, 0) is 73.5 Å². The van der Waals surface area contributed by atoms with Gasteiger partial charge in [-0.3, -0.25) is 9.59 Å². The maximum atomic E-state index is 12.8. The topological polar surface area (TPSA) is 68.1 Å². The quantitative estimate of drug-likeness (QED) is 0.515. The lowest BCUT2D eigenvalue weighted by Gasteiger charge is -2.58. The van der Waals surface area contributed by atoms with Gasteiger partial charge in [-0.2, -0.15) is 10.2 Å². The number of carbonyl (C=O) groups excluding carboxylic acids is 2. The minimum absolute atomic E-state index is 0.0572. The molecule has 3 saturated carbocycles. The van der Waals surface area contributed by atoms with E-state index in [1.807, 2.05) is 0 Å². The third-order valence-corrected chi connectivity index (χ3v) is 9.22. The molecule has 5 aliphatic rings. The van der Waals surface area contributed by atoms with Crippen molar-refractivity contribution in [3.63, 3.8) is 0 Å². The minimum Gasteiger partial charge on any atom is -0.462 e. The van der Waals surface area contributed by atoms with E-state index in [1.54, 1.807) is 0 Å².